The van der Waals surface area contributed by atoms with Gasteiger partial charge in [0.15, 0.2) is 0 Å². The zero-order valence-electron chi connectivity index (χ0n) is 39.4. The summed E-state index contributed by atoms with van der Waals surface area (Å²) in [5, 5.41) is 0. The highest BCUT2D eigenvalue weighted by Crippen LogP contribution is 2.53. The number of anilines is 6. The number of fused-ring (bicyclic) bond motifs is 5. The summed E-state index contributed by atoms with van der Waals surface area (Å²) in [6.07, 6.45) is 4.20. The van der Waals surface area contributed by atoms with Crippen molar-refractivity contribution in [3.8, 4) is 56.2 Å². The minimum atomic E-state index is -0.312. The Morgan fingerprint density at radius 1 is 0.324 bits per heavy atom. The highest BCUT2D eigenvalue weighted by molar-refractivity contribution is 5.91. The first-order valence-corrected chi connectivity index (χ1v) is 24.2. The van der Waals surface area contributed by atoms with Gasteiger partial charge in [0.2, 0.25) is 0 Å². The van der Waals surface area contributed by atoms with Crippen LogP contribution in [0.15, 0.2) is 255 Å². The van der Waals surface area contributed by atoms with E-state index in [1.165, 1.54) is 22.3 Å². The maximum absolute atomic E-state index is 5.23. The molecule has 0 saturated carbocycles. The molecule has 0 aliphatic heterocycles. The van der Waals surface area contributed by atoms with Crippen molar-refractivity contribution < 1.29 is 0 Å². The van der Waals surface area contributed by atoms with Gasteiger partial charge in [0.1, 0.15) is 11.3 Å². The predicted octanol–water partition coefficient (Wildman–Crippen LogP) is 16.9. The van der Waals surface area contributed by atoms with Crippen molar-refractivity contribution in [3.05, 3.63) is 266 Å². The summed E-state index contributed by atoms with van der Waals surface area (Å²) in [5.41, 5.74) is 21.5. The molecule has 12 aromatic rings. The molecule has 4 aromatic heterocycles. The molecule has 1 aliphatic carbocycles. The van der Waals surface area contributed by atoms with Gasteiger partial charge in [0.05, 0.1) is 22.8 Å². The van der Waals surface area contributed by atoms with Crippen LogP contribution in [0.25, 0.3) is 67.5 Å². The summed E-state index contributed by atoms with van der Waals surface area (Å²) in [6.45, 7) is 4.74. The van der Waals surface area contributed by atoms with Gasteiger partial charge in [-0.05, 0) is 119 Å². The predicted molar refractivity (Wildman–Crippen MR) is 293 cm³/mol. The standard InChI is InChI=1S/C65H48N6/c1-65(2)57-43-53(70(49-27-11-5-12-28-49)51-31-19-25-47(41-51)61-63(45-21-7-3-8-22-45)68-39-17-15-33-59(68)66-61)35-37-55(57)56-38-36-54(44-58(56)65)71(50-29-13-6-14-30-50)52-32-20-26-48(42-52)62-64(46-23-9-4-10-24-46)69-40-18-16-34-60(69)67-62/h3-44H,1-2H3. The minimum absolute atomic E-state index is 0.312. The first kappa shape index (κ1) is 41.9. The SMILES string of the molecule is CC1(C)c2cc(N(c3ccccc3)c3cccc(-c4nc5ccccn5c4-c4ccccc4)c3)ccc2-c2ccc(N(c3ccccc3)c3cccc(-c4nc5ccccn5c4-c4ccccc4)c3)cc21. The quantitative estimate of drug-likeness (QED) is 0.137. The van der Waals surface area contributed by atoms with E-state index < -0.39 is 0 Å². The van der Waals surface area contributed by atoms with Crippen LogP contribution in [0.1, 0.15) is 25.0 Å². The average Bonchev–Trinajstić information content (AvgIpc) is 4.08. The zero-order chi connectivity index (χ0) is 47.5. The van der Waals surface area contributed by atoms with Crippen LogP contribution >= 0.6 is 0 Å². The van der Waals surface area contributed by atoms with Crippen molar-refractivity contribution in [2.45, 2.75) is 19.3 Å². The summed E-state index contributed by atoms with van der Waals surface area (Å²) in [4.78, 5) is 15.2. The molecule has 1 aliphatic rings. The van der Waals surface area contributed by atoms with Gasteiger partial charge in [-0.1, -0.05) is 159 Å². The van der Waals surface area contributed by atoms with E-state index in [4.69, 9.17) is 9.97 Å². The molecule has 13 rings (SSSR count). The van der Waals surface area contributed by atoms with Gasteiger partial charge in [-0.3, -0.25) is 8.80 Å². The molecule has 0 atom stereocenters. The van der Waals surface area contributed by atoms with Crippen molar-refractivity contribution in [3.63, 3.8) is 0 Å². The molecule has 71 heavy (non-hydrogen) atoms. The molecule has 0 fully saturated rings. The third-order valence-corrected chi connectivity index (χ3v) is 14.1. The topological polar surface area (TPSA) is 41.1 Å². The van der Waals surface area contributed by atoms with Crippen molar-refractivity contribution in [2.24, 2.45) is 0 Å². The first-order chi connectivity index (χ1) is 35.0. The van der Waals surface area contributed by atoms with Crippen LogP contribution in [0.2, 0.25) is 0 Å². The first-order valence-electron chi connectivity index (χ1n) is 24.2. The van der Waals surface area contributed by atoms with Crippen LogP contribution in [-0.4, -0.2) is 18.8 Å². The second-order valence-corrected chi connectivity index (χ2v) is 18.7. The lowest BCUT2D eigenvalue weighted by Crippen LogP contribution is -2.17. The molecule has 6 nitrogen and oxygen atoms in total. The molecule has 0 saturated heterocycles. The molecule has 4 heterocycles. The summed E-state index contributed by atoms with van der Waals surface area (Å²) in [6, 6.07) is 86.6. The van der Waals surface area contributed by atoms with Gasteiger partial charge < -0.3 is 9.80 Å². The van der Waals surface area contributed by atoms with E-state index >= 15 is 0 Å². The molecular formula is C65H48N6. The minimum Gasteiger partial charge on any atom is -0.310 e. The maximum Gasteiger partial charge on any atom is 0.137 e. The number of para-hydroxylation sites is 2. The molecule has 0 unspecified atom stereocenters. The molecule has 0 bridgehead atoms. The van der Waals surface area contributed by atoms with E-state index in [-0.39, 0.29) is 5.41 Å². The lowest BCUT2D eigenvalue weighted by atomic mass is 9.82. The Labute approximate surface area is 413 Å². The molecule has 338 valence electrons. The largest absolute Gasteiger partial charge is 0.310 e. The third-order valence-electron chi connectivity index (χ3n) is 14.1. The van der Waals surface area contributed by atoms with Crippen molar-refractivity contribution >= 4 is 45.4 Å². The molecule has 0 N–H and O–H groups in total. The number of hydrogen-bond donors (Lipinski definition) is 0. The number of nitrogens with zero attached hydrogens (tertiary/aromatic N) is 6. The Kier molecular flexibility index (Phi) is 10.1. The van der Waals surface area contributed by atoms with Crippen molar-refractivity contribution in [1.82, 2.24) is 18.8 Å². The Hall–Kier alpha value is -9.26. The molecule has 6 heteroatoms. The molecule has 0 radical (unpaired) electrons. The van der Waals surface area contributed by atoms with Gasteiger partial charge in [-0.15, -0.1) is 0 Å². The van der Waals surface area contributed by atoms with E-state index in [9.17, 15) is 0 Å². The highest BCUT2D eigenvalue weighted by atomic mass is 15.1. The maximum atomic E-state index is 5.23. The van der Waals surface area contributed by atoms with Gasteiger partial charge in [-0.25, -0.2) is 9.97 Å². The third kappa shape index (κ3) is 7.19. The van der Waals surface area contributed by atoms with E-state index in [1.54, 1.807) is 0 Å². The Balaban J connectivity index is 0.899. The van der Waals surface area contributed by atoms with E-state index in [2.05, 4.69) is 275 Å². The molecular weight excluding hydrogens is 865 g/mol. The molecule has 0 spiro atoms. The number of pyridine rings is 2. The lowest BCUT2D eigenvalue weighted by molar-refractivity contribution is 0.660. The van der Waals surface area contributed by atoms with Crippen LogP contribution in [-0.2, 0) is 5.41 Å². The molecule has 0 amide bonds. The van der Waals surface area contributed by atoms with Crippen LogP contribution in [0.3, 0.4) is 0 Å². The number of benzene rings is 8. The Morgan fingerprint density at radius 3 is 1.10 bits per heavy atom. The fourth-order valence-corrected chi connectivity index (χ4v) is 10.8. The number of aromatic nitrogens is 4. The second-order valence-electron chi connectivity index (χ2n) is 18.7. The van der Waals surface area contributed by atoms with Gasteiger partial charge in [-0.2, -0.15) is 0 Å². The zero-order valence-corrected chi connectivity index (χ0v) is 39.4. The summed E-state index contributed by atoms with van der Waals surface area (Å²) >= 11 is 0. The molecule has 8 aromatic carbocycles. The second kappa shape index (κ2) is 17.1. The number of rotatable bonds is 10. The fourth-order valence-electron chi connectivity index (χ4n) is 10.8. The Morgan fingerprint density at radius 2 is 0.676 bits per heavy atom. The van der Waals surface area contributed by atoms with Gasteiger partial charge in [0.25, 0.3) is 0 Å². The highest BCUT2D eigenvalue weighted by Gasteiger charge is 2.37. The van der Waals surface area contributed by atoms with Gasteiger partial charge in [0, 0.05) is 74.2 Å². The number of hydrogen-bond acceptors (Lipinski definition) is 4. The van der Waals surface area contributed by atoms with E-state index in [1.807, 2.05) is 12.1 Å². The van der Waals surface area contributed by atoms with Crippen LogP contribution < -0.4 is 9.80 Å². The smallest absolute Gasteiger partial charge is 0.137 e. The van der Waals surface area contributed by atoms with E-state index in [0.717, 1.165) is 90.4 Å². The average molecular weight is 913 g/mol. The summed E-state index contributed by atoms with van der Waals surface area (Å²) in [5.74, 6) is 0. The lowest BCUT2D eigenvalue weighted by Gasteiger charge is -2.29. The van der Waals surface area contributed by atoms with Crippen LogP contribution in [0, 0.1) is 0 Å². The van der Waals surface area contributed by atoms with Crippen LogP contribution in [0.4, 0.5) is 34.1 Å². The monoisotopic (exact) mass is 912 g/mol. The van der Waals surface area contributed by atoms with Crippen molar-refractivity contribution in [1.29, 1.82) is 0 Å². The number of imidazole rings is 2. The van der Waals surface area contributed by atoms with Gasteiger partial charge >= 0.3 is 0 Å². The normalized spacial score (nSPS) is 12.5. The Bertz CT molecular complexity index is 3660. The van der Waals surface area contributed by atoms with Crippen molar-refractivity contribution in [2.75, 3.05) is 9.80 Å². The summed E-state index contributed by atoms with van der Waals surface area (Å²) in [7, 11) is 0. The summed E-state index contributed by atoms with van der Waals surface area (Å²) < 4.78 is 4.39. The van der Waals surface area contributed by atoms with Crippen LogP contribution in [0.5, 0.6) is 0 Å². The fraction of sp³-hybridized carbons (Fsp3) is 0.0462. The van der Waals surface area contributed by atoms with E-state index in [0.29, 0.717) is 0 Å².